The summed E-state index contributed by atoms with van der Waals surface area (Å²) >= 11 is 7.13. The minimum absolute atomic E-state index is 0.0875. The number of fused-ring (bicyclic) bond motifs is 1. The molecule has 2 aromatic heterocycles. The summed E-state index contributed by atoms with van der Waals surface area (Å²) in [6, 6.07) is 16.7. The Kier molecular flexibility index (Phi) is 5.23. The van der Waals surface area contributed by atoms with Crippen LogP contribution >= 0.6 is 23.4 Å². The molecule has 0 aliphatic heterocycles. The molecule has 0 aliphatic rings. The van der Waals surface area contributed by atoms with Crippen molar-refractivity contribution < 1.29 is 9.18 Å². The topological polar surface area (TPSA) is 72.2 Å². The van der Waals surface area contributed by atoms with Gasteiger partial charge >= 0.3 is 0 Å². The molecule has 0 spiro atoms. The maximum atomic E-state index is 13.2. The Bertz CT molecular complexity index is 1150. The van der Waals surface area contributed by atoms with Crippen molar-refractivity contribution in [2.45, 2.75) is 5.16 Å². The van der Waals surface area contributed by atoms with Crippen molar-refractivity contribution in [2.24, 2.45) is 0 Å². The number of thioether (sulfide) groups is 1. The van der Waals surface area contributed by atoms with Gasteiger partial charge in [-0.1, -0.05) is 41.6 Å². The summed E-state index contributed by atoms with van der Waals surface area (Å²) in [5, 5.41) is 16.5. The summed E-state index contributed by atoms with van der Waals surface area (Å²) in [5.74, 6) is -0.599. The second-order valence-electron chi connectivity index (χ2n) is 5.83. The molecule has 1 amide bonds. The molecule has 1 N–H and O–H groups in total. The number of carbonyl (C=O) groups is 1. The van der Waals surface area contributed by atoms with Crippen LogP contribution in [0.4, 0.5) is 10.1 Å². The zero-order valence-corrected chi connectivity index (χ0v) is 15.9. The van der Waals surface area contributed by atoms with E-state index in [1.165, 1.54) is 30.0 Å². The third-order valence-electron chi connectivity index (χ3n) is 3.81. The minimum Gasteiger partial charge on any atom is -0.325 e. The third kappa shape index (κ3) is 4.13. The van der Waals surface area contributed by atoms with Crippen molar-refractivity contribution in [1.29, 1.82) is 0 Å². The molecule has 0 bridgehead atoms. The molecule has 4 aromatic rings. The first-order valence-electron chi connectivity index (χ1n) is 8.25. The molecule has 2 aromatic carbocycles. The van der Waals surface area contributed by atoms with E-state index < -0.39 is 5.82 Å². The fourth-order valence-corrected chi connectivity index (χ4v) is 3.34. The number of nitrogens with zero attached hydrogens (tertiary/aromatic N) is 4. The maximum absolute atomic E-state index is 13.2. The minimum atomic E-state index is -0.409. The number of halogens is 2. The predicted molar refractivity (Wildman–Crippen MR) is 107 cm³/mol. The lowest BCUT2D eigenvalue weighted by molar-refractivity contribution is -0.113. The van der Waals surface area contributed by atoms with Crippen LogP contribution in [0.3, 0.4) is 0 Å². The van der Waals surface area contributed by atoms with Gasteiger partial charge in [0, 0.05) is 16.3 Å². The van der Waals surface area contributed by atoms with E-state index in [1.54, 1.807) is 28.8 Å². The van der Waals surface area contributed by atoms with Crippen molar-refractivity contribution in [2.75, 3.05) is 11.1 Å². The molecule has 28 heavy (non-hydrogen) atoms. The first-order valence-corrected chi connectivity index (χ1v) is 9.61. The summed E-state index contributed by atoms with van der Waals surface area (Å²) in [4.78, 5) is 12.1. The van der Waals surface area contributed by atoms with Crippen LogP contribution < -0.4 is 5.32 Å². The van der Waals surface area contributed by atoms with Crippen molar-refractivity contribution in [3.63, 3.8) is 0 Å². The van der Waals surface area contributed by atoms with Gasteiger partial charge in [0.05, 0.1) is 11.4 Å². The monoisotopic (exact) mass is 413 g/mol. The van der Waals surface area contributed by atoms with Crippen molar-refractivity contribution >= 4 is 40.6 Å². The molecule has 9 heteroatoms. The van der Waals surface area contributed by atoms with E-state index in [4.69, 9.17) is 11.6 Å². The molecule has 2 heterocycles. The Hall–Kier alpha value is -2.97. The lowest BCUT2D eigenvalue weighted by Crippen LogP contribution is -2.14. The number of benzene rings is 2. The highest BCUT2D eigenvalue weighted by Gasteiger charge is 2.12. The second kappa shape index (κ2) is 7.95. The van der Waals surface area contributed by atoms with Gasteiger partial charge < -0.3 is 5.32 Å². The fraction of sp³-hybridized carbons (Fsp3) is 0.0526. The Morgan fingerprint density at radius 1 is 1.11 bits per heavy atom. The number of carbonyl (C=O) groups excluding carboxylic acids is 1. The Labute approximate surface area is 168 Å². The Morgan fingerprint density at radius 3 is 2.71 bits per heavy atom. The Morgan fingerprint density at radius 2 is 1.93 bits per heavy atom. The number of anilines is 1. The fourth-order valence-electron chi connectivity index (χ4n) is 2.53. The number of nitrogens with one attached hydrogen (secondary N) is 1. The second-order valence-corrected chi connectivity index (χ2v) is 7.20. The van der Waals surface area contributed by atoms with Gasteiger partial charge in [-0.3, -0.25) is 4.79 Å². The van der Waals surface area contributed by atoms with Gasteiger partial charge in [-0.15, -0.1) is 10.2 Å². The molecule has 0 fully saturated rings. The van der Waals surface area contributed by atoms with Crippen molar-refractivity contribution in [3.05, 3.63) is 71.5 Å². The Balaban J connectivity index is 1.50. The summed E-state index contributed by atoms with van der Waals surface area (Å²) < 4.78 is 14.8. The number of amides is 1. The van der Waals surface area contributed by atoms with E-state index in [2.05, 4.69) is 20.6 Å². The van der Waals surface area contributed by atoms with E-state index in [-0.39, 0.29) is 11.7 Å². The smallest absolute Gasteiger partial charge is 0.234 e. The molecule has 140 valence electrons. The molecular weight excluding hydrogens is 401 g/mol. The molecule has 6 nitrogen and oxygen atoms in total. The molecule has 0 saturated heterocycles. The van der Waals surface area contributed by atoms with E-state index in [9.17, 15) is 9.18 Å². The van der Waals surface area contributed by atoms with Gasteiger partial charge in [-0.2, -0.15) is 9.61 Å². The van der Waals surface area contributed by atoms with Crippen LogP contribution in [-0.4, -0.2) is 31.5 Å². The van der Waals surface area contributed by atoms with Crippen LogP contribution in [-0.2, 0) is 4.79 Å². The van der Waals surface area contributed by atoms with Crippen molar-refractivity contribution in [3.8, 4) is 11.3 Å². The number of rotatable bonds is 5. The van der Waals surface area contributed by atoms with Crippen LogP contribution in [0, 0.1) is 5.82 Å². The van der Waals surface area contributed by atoms with Gasteiger partial charge in [0.2, 0.25) is 11.1 Å². The maximum Gasteiger partial charge on any atom is 0.234 e. The first kappa shape index (κ1) is 18.4. The van der Waals surface area contributed by atoms with Crippen LogP contribution in [0.1, 0.15) is 0 Å². The highest BCUT2D eigenvalue weighted by molar-refractivity contribution is 7.99. The molecule has 0 aliphatic carbocycles. The third-order valence-corrected chi connectivity index (χ3v) is 4.99. The highest BCUT2D eigenvalue weighted by atomic mass is 35.5. The lowest BCUT2D eigenvalue weighted by atomic mass is 10.1. The molecular formula is C19H13ClFN5OS. The van der Waals surface area contributed by atoms with Gasteiger partial charge in [-0.05, 0) is 42.5 Å². The van der Waals surface area contributed by atoms with E-state index >= 15 is 0 Å². The summed E-state index contributed by atoms with van der Waals surface area (Å²) in [6.45, 7) is 0. The number of hydrogen-bond donors (Lipinski definition) is 1. The van der Waals surface area contributed by atoms with Crippen LogP contribution in [0.2, 0.25) is 5.02 Å². The average molecular weight is 414 g/mol. The summed E-state index contributed by atoms with van der Waals surface area (Å²) in [5.41, 5.74) is 2.61. The molecule has 0 radical (unpaired) electrons. The van der Waals surface area contributed by atoms with Gasteiger partial charge in [0.1, 0.15) is 5.82 Å². The predicted octanol–water partition coefficient (Wildman–Crippen LogP) is 4.31. The standard InChI is InChI=1S/C19H13ClFN5OS/c20-13-6-4-12(5-7-13)16-8-9-17-23-24-19(26(17)25-16)28-11-18(27)22-15-3-1-2-14(21)10-15/h1-10H,11H2,(H,22,27). The highest BCUT2D eigenvalue weighted by Crippen LogP contribution is 2.22. The quantitative estimate of drug-likeness (QED) is 0.493. The SMILES string of the molecule is O=C(CSc1nnc2ccc(-c3ccc(Cl)cc3)nn12)Nc1cccc(F)c1. The molecule has 0 atom stereocenters. The van der Waals surface area contributed by atoms with E-state index in [0.29, 0.717) is 21.5 Å². The largest absolute Gasteiger partial charge is 0.325 e. The summed E-state index contributed by atoms with van der Waals surface area (Å²) in [6.07, 6.45) is 0. The van der Waals surface area contributed by atoms with Crippen LogP contribution in [0.5, 0.6) is 0 Å². The van der Waals surface area contributed by atoms with Crippen LogP contribution in [0.15, 0.2) is 65.8 Å². The van der Waals surface area contributed by atoms with Crippen molar-refractivity contribution in [1.82, 2.24) is 19.8 Å². The van der Waals surface area contributed by atoms with E-state index in [0.717, 1.165) is 11.3 Å². The zero-order chi connectivity index (χ0) is 19.5. The number of hydrogen-bond acceptors (Lipinski definition) is 5. The first-order chi connectivity index (χ1) is 13.6. The van der Waals surface area contributed by atoms with Gasteiger partial charge in [0.25, 0.3) is 0 Å². The zero-order valence-electron chi connectivity index (χ0n) is 14.3. The molecule has 4 rings (SSSR count). The average Bonchev–Trinajstić information content (AvgIpc) is 3.09. The summed E-state index contributed by atoms with van der Waals surface area (Å²) in [7, 11) is 0. The number of aromatic nitrogens is 4. The van der Waals surface area contributed by atoms with Gasteiger partial charge in [-0.25, -0.2) is 4.39 Å². The van der Waals surface area contributed by atoms with E-state index in [1.807, 2.05) is 18.2 Å². The van der Waals surface area contributed by atoms with Gasteiger partial charge in [0.15, 0.2) is 5.65 Å². The molecule has 0 unspecified atom stereocenters. The lowest BCUT2D eigenvalue weighted by Gasteiger charge is -2.05. The van der Waals surface area contributed by atoms with Crippen LogP contribution in [0.25, 0.3) is 16.9 Å². The normalized spacial score (nSPS) is 10.9. The molecule has 0 saturated carbocycles.